The molecule has 0 unspecified atom stereocenters. The quantitative estimate of drug-likeness (QED) is 0.350. The van der Waals surface area contributed by atoms with Crippen LogP contribution in [0.15, 0.2) is 76.2 Å². The number of hydrogen-bond acceptors (Lipinski definition) is 2. The van der Waals surface area contributed by atoms with Crippen LogP contribution in [0, 0.1) is 6.92 Å². The summed E-state index contributed by atoms with van der Waals surface area (Å²) in [6, 6.07) is 7.15. The number of hydrogen-bond donors (Lipinski definition) is 1. The lowest BCUT2D eigenvalue weighted by molar-refractivity contribution is 0.190. The monoisotopic (exact) mass is 377 g/mol. The lowest BCUT2D eigenvalue weighted by Gasteiger charge is -2.11. The molecule has 2 aromatic rings. The van der Waals surface area contributed by atoms with Gasteiger partial charge in [-0.05, 0) is 66.0 Å². The van der Waals surface area contributed by atoms with Crippen molar-refractivity contribution in [2.75, 3.05) is 0 Å². The molecule has 0 bridgehead atoms. The molecule has 0 fully saturated rings. The third kappa shape index (κ3) is 5.59. The maximum Gasteiger partial charge on any atom is 0.193 e. The normalized spacial score (nSPS) is 12.8. The molecule has 3 nitrogen and oxygen atoms in total. The van der Waals surface area contributed by atoms with E-state index >= 15 is 0 Å². The summed E-state index contributed by atoms with van der Waals surface area (Å²) < 4.78 is 1.11. The summed E-state index contributed by atoms with van der Waals surface area (Å²) >= 11 is 0. The van der Waals surface area contributed by atoms with Crippen LogP contribution in [-0.4, -0.2) is 9.94 Å². The van der Waals surface area contributed by atoms with E-state index in [0.29, 0.717) is 28.6 Å². The first kappa shape index (κ1) is 21.5. The Morgan fingerprint density at radius 1 is 1.11 bits per heavy atom. The first-order valence-corrected chi connectivity index (χ1v) is 9.77. The van der Waals surface area contributed by atoms with Gasteiger partial charge in [0.1, 0.15) is 0 Å². The molecule has 0 amide bonds. The molecule has 1 aromatic carbocycles. The number of aromatic nitrogens is 1. The molecule has 1 N–H and O–H groups in total. The van der Waals surface area contributed by atoms with Gasteiger partial charge in [-0.3, -0.25) is 4.79 Å². The lowest BCUT2D eigenvalue weighted by atomic mass is 10.0. The molecule has 0 aliphatic carbocycles. The van der Waals surface area contributed by atoms with Gasteiger partial charge in [-0.25, -0.2) is 0 Å². The van der Waals surface area contributed by atoms with Gasteiger partial charge in [0.2, 0.25) is 0 Å². The van der Waals surface area contributed by atoms with E-state index < -0.39 is 0 Å². The van der Waals surface area contributed by atoms with Gasteiger partial charge in [-0.15, -0.1) is 0 Å². The standard InChI is InChI=1S/C25H31NO2/c1-18(2)10-8-11-19(3)12-9-13-20(4)16-17-22-21(5)26(28)24-15-7-6-14-23(24)25(22)27/h6-7,9-10,12-16,28H,8,11,17H2,1-5H3. The summed E-state index contributed by atoms with van der Waals surface area (Å²) in [6.45, 7) is 10.2. The molecule has 1 heterocycles. The largest absolute Gasteiger partial charge is 0.428 e. The van der Waals surface area contributed by atoms with Crippen LogP contribution in [0.3, 0.4) is 0 Å². The Bertz CT molecular complexity index is 1010. The summed E-state index contributed by atoms with van der Waals surface area (Å²) in [4.78, 5) is 12.8. The molecule has 1 aromatic heterocycles. The lowest BCUT2D eigenvalue weighted by Crippen LogP contribution is -2.17. The summed E-state index contributed by atoms with van der Waals surface area (Å²) in [5.74, 6) is 0. The average molecular weight is 378 g/mol. The molecular formula is C25H31NO2. The van der Waals surface area contributed by atoms with E-state index in [1.54, 1.807) is 19.1 Å². The van der Waals surface area contributed by atoms with Gasteiger partial charge in [-0.1, -0.05) is 59.2 Å². The molecule has 28 heavy (non-hydrogen) atoms. The van der Waals surface area contributed by atoms with E-state index in [1.165, 1.54) is 11.1 Å². The molecule has 148 valence electrons. The number of nitrogens with zero attached hydrogens (tertiary/aromatic N) is 1. The number of para-hydroxylation sites is 1. The predicted molar refractivity (Wildman–Crippen MR) is 119 cm³/mol. The van der Waals surface area contributed by atoms with E-state index in [1.807, 2.05) is 25.1 Å². The minimum Gasteiger partial charge on any atom is -0.428 e. The molecule has 0 saturated carbocycles. The van der Waals surface area contributed by atoms with Crippen LogP contribution in [0.1, 0.15) is 51.8 Å². The molecule has 0 spiro atoms. The van der Waals surface area contributed by atoms with E-state index in [0.717, 1.165) is 23.1 Å². The van der Waals surface area contributed by atoms with Crippen LogP contribution >= 0.6 is 0 Å². The van der Waals surface area contributed by atoms with E-state index in [2.05, 4.69) is 45.1 Å². The highest BCUT2D eigenvalue weighted by atomic mass is 16.5. The molecule has 0 saturated heterocycles. The van der Waals surface area contributed by atoms with Gasteiger partial charge in [0.05, 0.1) is 11.2 Å². The Hall–Kier alpha value is -2.81. The van der Waals surface area contributed by atoms with Crippen molar-refractivity contribution in [1.29, 1.82) is 0 Å². The summed E-state index contributed by atoms with van der Waals surface area (Å²) in [5, 5.41) is 10.9. The van der Waals surface area contributed by atoms with Crippen LogP contribution in [0.25, 0.3) is 10.9 Å². The van der Waals surface area contributed by atoms with Crippen molar-refractivity contribution in [2.24, 2.45) is 0 Å². The molecule has 0 atom stereocenters. The Morgan fingerprint density at radius 2 is 1.82 bits per heavy atom. The smallest absolute Gasteiger partial charge is 0.193 e. The fourth-order valence-electron chi connectivity index (χ4n) is 3.09. The second-order valence-corrected chi connectivity index (χ2v) is 7.57. The fraction of sp³-hybridized carbons (Fsp3) is 0.320. The molecule has 2 rings (SSSR count). The Labute approximate surface area is 168 Å². The van der Waals surface area contributed by atoms with Crippen molar-refractivity contribution < 1.29 is 5.21 Å². The topological polar surface area (TPSA) is 42.2 Å². The zero-order chi connectivity index (χ0) is 20.7. The molecular weight excluding hydrogens is 346 g/mol. The van der Waals surface area contributed by atoms with Crippen LogP contribution in [0.4, 0.5) is 0 Å². The second-order valence-electron chi connectivity index (χ2n) is 7.57. The zero-order valence-electron chi connectivity index (χ0n) is 17.6. The maximum absolute atomic E-state index is 12.8. The number of rotatable bonds is 7. The van der Waals surface area contributed by atoms with E-state index in [4.69, 9.17) is 0 Å². The third-order valence-electron chi connectivity index (χ3n) is 4.86. The van der Waals surface area contributed by atoms with Crippen molar-refractivity contribution >= 4 is 10.9 Å². The number of fused-ring (bicyclic) bond motifs is 1. The maximum atomic E-state index is 12.8. The highest BCUT2D eigenvalue weighted by Gasteiger charge is 2.12. The zero-order valence-corrected chi connectivity index (χ0v) is 17.6. The SMILES string of the molecule is CC(C)=CCCC(C)=CC=CC(C)=CCc1c(C)n(O)c2ccccc2c1=O. The van der Waals surface area contributed by atoms with Crippen LogP contribution in [0.2, 0.25) is 0 Å². The van der Waals surface area contributed by atoms with Crippen LogP contribution in [0.5, 0.6) is 0 Å². The van der Waals surface area contributed by atoms with Gasteiger partial charge in [0.25, 0.3) is 0 Å². The summed E-state index contributed by atoms with van der Waals surface area (Å²) in [5.41, 5.74) is 5.53. The number of allylic oxidation sites excluding steroid dienone is 8. The van der Waals surface area contributed by atoms with Gasteiger partial charge in [0, 0.05) is 10.9 Å². The minimum absolute atomic E-state index is 0.0126. The van der Waals surface area contributed by atoms with E-state index in [-0.39, 0.29) is 5.43 Å². The summed E-state index contributed by atoms with van der Waals surface area (Å²) in [7, 11) is 0. The predicted octanol–water partition coefficient (Wildman–Crippen LogP) is 6.28. The van der Waals surface area contributed by atoms with E-state index in [9.17, 15) is 10.0 Å². The summed E-state index contributed by atoms with van der Waals surface area (Å²) in [6.07, 6.45) is 13.2. The van der Waals surface area contributed by atoms with Gasteiger partial charge in [0.15, 0.2) is 5.43 Å². The van der Waals surface area contributed by atoms with Crippen molar-refractivity contribution in [1.82, 2.24) is 4.73 Å². The van der Waals surface area contributed by atoms with Crippen LogP contribution < -0.4 is 5.43 Å². The first-order valence-electron chi connectivity index (χ1n) is 9.77. The van der Waals surface area contributed by atoms with Gasteiger partial charge >= 0.3 is 0 Å². The van der Waals surface area contributed by atoms with Crippen LogP contribution in [-0.2, 0) is 6.42 Å². The molecule has 0 aliphatic heterocycles. The molecule has 0 aliphatic rings. The number of pyridine rings is 1. The molecule has 3 heteroatoms. The van der Waals surface area contributed by atoms with Gasteiger partial charge < -0.3 is 5.21 Å². The number of benzene rings is 1. The second kappa shape index (κ2) is 9.93. The molecule has 0 radical (unpaired) electrons. The average Bonchev–Trinajstić information content (AvgIpc) is 2.66. The Kier molecular flexibility index (Phi) is 7.62. The fourth-order valence-corrected chi connectivity index (χ4v) is 3.09. The minimum atomic E-state index is -0.0126. The Balaban J connectivity index is 2.13. The van der Waals surface area contributed by atoms with Crippen molar-refractivity contribution in [3.05, 3.63) is 92.8 Å². The first-order chi connectivity index (χ1) is 13.3. The highest BCUT2D eigenvalue weighted by molar-refractivity contribution is 5.79. The van der Waals surface area contributed by atoms with Crippen molar-refractivity contribution in [2.45, 2.75) is 53.9 Å². The highest BCUT2D eigenvalue weighted by Crippen LogP contribution is 2.15. The Morgan fingerprint density at radius 3 is 2.54 bits per heavy atom. The van der Waals surface area contributed by atoms with Gasteiger partial charge in [-0.2, -0.15) is 4.73 Å². The third-order valence-corrected chi connectivity index (χ3v) is 4.86. The van der Waals surface area contributed by atoms with Crippen molar-refractivity contribution in [3.63, 3.8) is 0 Å². The van der Waals surface area contributed by atoms with Crippen molar-refractivity contribution in [3.8, 4) is 0 Å².